The van der Waals surface area contributed by atoms with Gasteiger partial charge in [-0.25, -0.2) is 14.5 Å². The molecule has 0 amide bonds. The third kappa shape index (κ3) is 5.05. The Morgan fingerprint density at radius 1 is 1.19 bits per heavy atom. The molecule has 188 valence electrons. The number of nitrogens with zero attached hydrogens (tertiary/aromatic N) is 5. The van der Waals surface area contributed by atoms with Gasteiger partial charge in [-0.3, -0.25) is 0 Å². The molecule has 1 aliphatic heterocycles. The number of aliphatic hydroxyl groups excluding tert-OH is 1. The lowest BCUT2D eigenvalue weighted by Crippen LogP contribution is -2.27. The van der Waals surface area contributed by atoms with Crippen LogP contribution in [0, 0.1) is 6.92 Å². The molecule has 0 radical (unpaired) electrons. The van der Waals surface area contributed by atoms with Crippen molar-refractivity contribution in [2.75, 3.05) is 16.8 Å². The predicted molar refractivity (Wildman–Crippen MR) is 149 cm³/mol. The zero-order valence-corrected chi connectivity index (χ0v) is 21.9. The Bertz CT molecular complexity index is 1360. The van der Waals surface area contributed by atoms with Crippen molar-refractivity contribution in [3.05, 3.63) is 72.1 Å². The first-order chi connectivity index (χ1) is 17.5. The molecule has 1 aliphatic rings. The molecule has 4 heterocycles. The van der Waals surface area contributed by atoms with E-state index in [2.05, 4.69) is 28.2 Å². The molecular formula is C29H36N6O. The highest BCUT2D eigenvalue weighted by molar-refractivity contribution is 5.80. The van der Waals surface area contributed by atoms with E-state index in [0.717, 1.165) is 58.3 Å². The van der Waals surface area contributed by atoms with Gasteiger partial charge in [-0.15, -0.1) is 0 Å². The van der Waals surface area contributed by atoms with Gasteiger partial charge in [0.1, 0.15) is 17.4 Å². The summed E-state index contributed by atoms with van der Waals surface area (Å²) in [4.78, 5) is 11.8. The summed E-state index contributed by atoms with van der Waals surface area (Å²) in [7, 11) is 0. The molecule has 3 aromatic heterocycles. The Morgan fingerprint density at radius 2 is 2.00 bits per heavy atom. The van der Waals surface area contributed by atoms with Crippen LogP contribution < -0.4 is 10.2 Å². The van der Waals surface area contributed by atoms with Crippen LogP contribution in [0.4, 0.5) is 17.3 Å². The Kier molecular flexibility index (Phi) is 7.88. The van der Waals surface area contributed by atoms with E-state index in [1.165, 1.54) is 12.8 Å². The molecule has 1 atom stereocenters. The number of rotatable bonds is 6. The number of imidazole rings is 1. The van der Waals surface area contributed by atoms with E-state index in [0.29, 0.717) is 11.8 Å². The number of fused-ring (bicyclic) bond motifs is 1. The van der Waals surface area contributed by atoms with E-state index < -0.39 is 0 Å². The summed E-state index contributed by atoms with van der Waals surface area (Å²) in [6.07, 6.45) is 8.57. The standard InChI is InChI=1S/C27H30N6O.C2H6/c1-4-8-24(34)21-11-5-10-20(19(21)3)22-17-23(27-28-14-16-33(27)31-22)29-25-12-6-13-26(30-25)32-15-7-9-18(32)2;1-2/h5-6,8,10-14,16-18,34H,4,7,9,15H2,1-3H3,(H,29,30);1-2H3/b24-8+;. The summed E-state index contributed by atoms with van der Waals surface area (Å²) in [5.74, 6) is 2.05. The van der Waals surface area contributed by atoms with Crippen molar-refractivity contribution in [1.29, 1.82) is 0 Å². The summed E-state index contributed by atoms with van der Waals surface area (Å²) < 4.78 is 1.78. The van der Waals surface area contributed by atoms with Gasteiger partial charge in [0.15, 0.2) is 5.65 Å². The Labute approximate surface area is 213 Å². The topological polar surface area (TPSA) is 78.6 Å². The van der Waals surface area contributed by atoms with Crippen LogP contribution in [0.5, 0.6) is 0 Å². The van der Waals surface area contributed by atoms with Crippen molar-refractivity contribution in [2.45, 2.75) is 59.9 Å². The van der Waals surface area contributed by atoms with Crippen molar-refractivity contribution < 1.29 is 5.11 Å². The highest BCUT2D eigenvalue weighted by Gasteiger charge is 2.22. The Morgan fingerprint density at radius 3 is 2.75 bits per heavy atom. The van der Waals surface area contributed by atoms with E-state index in [1.54, 1.807) is 10.7 Å². The van der Waals surface area contributed by atoms with Crippen LogP contribution >= 0.6 is 0 Å². The quantitative estimate of drug-likeness (QED) is 0.283. The van der Waals surface area contributed by atoms with E-state index in [4.69, 9.17) is 10.1 Å². The molecule has 7 heteroatoms. The largest absolute Gasteiger partial charge is 0.508 e. The third-order valence-electron chi connectivity index (χ3n) is 6.49. The Hall–Kier alpha value is -3.87. The first-order valence-corrected chi connectivity index (χ1v) is 12.9. The van der Waals surface area contributed by atoms with E-state index >= 15 is 0 Å². The fourth-order valence-corrected chi connectivity index (χ4v) is 4.70. The van der Waals surface area contributed by atoms with E-state index in [1.807, 2.05) is 76.4 Å². The van der Waals surface area contributed by atoms with E-state index in [-0.39, 0.29) is 0 Å². The van der Waals surface area contributed by atoms with Crippen LogP contribution in [0.15, 0.2) is 60.9 Å². The second kappa shape index (κ2) is 11.2. The van der Waals surface area contributed by atoms with Gasteiger partial charge in [0.05, 0.1) is 11.4 Å². The highest BCUT2D eigenvalue weighted by atomic mass is 16.3. The predicted octanol–water partition coefficient (Wildman–Crippen LogP) is 7.17. The molecule has 0 spiro atoms. The highest BCUT2D eigenvalue weighted by Crippen LogP contribution is 2.31. The lowest BCUT2D eigenvalue weighted by molar-refractivity contribution is 0.509. The average Bonchev–Trinajstić information content (AvgIpc) is 3.55. The van der Waals surface area contributed by atoms with Crippen LogP contribution in [-0.4, -0.2) is 37.3 Å². The first-order valence-electron chi connectivity index (χ1n) is 12.9. The molecule has 36 heavy (non-hydrogen) atoms. The number of aromatic nitrogens is 4. The van der Waals surface area contributed by atoms with Gasteiger partial charge < -0.3 is 15.3 Å². The van der Waals surface area contributed by atoms with Crippen LogP contribution in [0.3, 0.4) is 0 Å². The molecule has 0 bridgehead atoms. The number of benzene rings is 1. The molecule has 5 rings (SSSR count). The molecule has 2 N–H and O–H groups in total. The number of anilines is 3. The number of aliphatic hydroxyl groups is 1. The fraction of sp³-hybridized carbons (Fsp3) is 0.345. The number of allylic oxidation sites excluding steroid dienone is 1. The van der Waals surface area contributed by atoms with Crippen LogP contribution in [0.1, 0.15) is 58.1 Å². The molecule has 4 aromatic rings. The van der Waals surface area contributed by atoms with Crippen molar-refractivity contribution in [2.24, 2.45) is 0 Å². The summed E-state index contributed by atoms with van der Waals surface area (Å²) in [6.45, 7) is 11.3. The molecular weight excluding hydrogens is 448 g/mol. The summed E-state index contributed by atoms with van der Waals surface area (Å²) >= 11 is 0. The molecule has 1 unspecified atom stereocenters. The molecule has 1 aromatic carbocycles. The van der Waals surface area contributed by atoms with Crippen molar-refractivity contribution in [3.63, 3.8) is 0 Å². The van der Waals surface area contributed by atoms with Gasteiger partial charge in [0, 0.05) is 36.1 Å². The second-order valence-corrected chi connectivity index (χ2v) is 8.81. The van der Waals surface area contributed by atoms with Gasteiger partial charge in [-0.05, 0) is 62.9 Å². The number of hydrogen-bond donors (Lipinski definition) is 2. The minimum atomic E-state index is 0.293. The zero-order valence-electron chi connectivity index (χ0n) is 21.9. The first kappa shape index (κ1) is 25.2. The summed E-state index contributed by atoms with van der Waals surface area (Å²) in [6, 6.07) is 14.5. The summed E-state index contributed by atoms with van der Waals surface area (Å²) in [5.41, 5.74) is 5.10. The second-order valence-electron chi connectivity index (χ2n) is 8.81. The molecule has 0 saturated carbocycles. The number of hydrogen-bond acceptors (Lipinski definition) is 6. The maximum absolute atomic E-state index is 10.5. The van der Waals surface area contributed by atoms with Crippen LogP contribution in [0.2, 0.25) is 0 Å². The Balaban J connectivity index is 0.00000148. The fourth-order valence-electron chi connectivity index (χ4n) is 4.70. The lowest BCUT2D eigenvalue weighted by Gasteiger charge is -2.23. The average molecular weight is 485 g/mol. The minimum Gasteiger partial charge on any atom is -0.508 e. The smallest absolute Gasteiger partial charge is 0.177 e. The third-order valence-corrected chi connectivity index (χ3v) is 6.49. The molecule has 1 fully saturated rings. The normalized spacial score (nSPS) is 15.6. The van der Waals surface area contributed by atoms with Crippen LogP contribution in [0.25, 0.3) is 22.7 Å². The van der Waals surface area contributed by atoms with Crippen molar-refractivity contribution in [1.82, 2.24) is 19.6 Å². The summed E-state index contributed by atoms with van der Waals surface area (Å²) in [5, 5.41) is 18.8. The zero-order chi connectivity index (χ0) is 25.7. The van der Waals surface area contributed by atoms with Crippen molar-refractivity contribution in [3.8, 4) is 11.3 Å². The van der Waals surface area contributed by atoms with Gasteiger partial charge in [0.2, 0.25) is 0 Å². The molecule has 7 nitrogen and oxygen atoms in total. The molecule has 0 aliphatic carbocycles. The van der Waals surface area contributed by atoms with Crippen molar-refractivity contribution >= 4 is 28.7 Å². The minimum absolute atomic E-state index is 0.293. The maximum atomic E-state index is 10.5. The van der Waals surface area contributed by atoms with E-state index in [9.17, 15) is 5.11 Å². The number of nitrogens with one attached hydrogen (secondary N) is 1. The van der Waals surface area contributed by atoms with Gasteiger partial charge in [0.25, 0.3) is 0 Å². The molecule has 1 saturated heterocycles. The van der Waals surface area contributed by atoms with Crippen LogP contribution in [-0.2, 0) is 0 Å². The maximum Gasteiger partial charge on any atom is 0.177 e. The van der Waals surface area contributed by atoms with Gasteiger partial charge in [-0.1, -0.05) is 45.0 Å². The SMILES string of the molecule is CC.CC/C=C(/O)c1cccc(-c2cc(Nc3cccc(N4CCCC4C)n3)c3nccn3n2)c1C. The monoisotopic (exact) mass is 484 g/mol. The van der Waals surface area contributed by atoms with Gasteiger partial charge >= 0.3 is 0 Å². The lowest BCUT2D eigenvalue weighted by atomic mass is 9.98. The number of pyridine rings is 1. The van der Waals surface area contributed by atoms with Gasteiger partial charge in [-0.2, -0.15) is 5.10 Å².